The smallest absolute Gasteiger partial charge is 0.314 e. The summed E-state index contributed by atoms with van der Waals surface area (Å²) in [6.07, 6.45) is 3.39. The van der Waals surface area contributed by atoms with E-state index in [0.717, 1.165) is 50.4 Å². The van der Waals surface area contributed by atoms with E-state index in [1.165, 1.54) is 0 Å². The van der Waals surface area contributed by atoms with Crippen molar-refractivity contribution < 1.29 is 14.3 Å². The first-order valence-corrected chi connectivity index (χ1v) is 8.77. The molecular weight excluding hydrogens is 306 g/mol. The lowest BCUT2D eigenvalue weighted by Crippen LogP contribution is -2.41. The van der Waals surface area contributed by atoms with Crippen LogP contribution in [0.1, 0.15) is 19.3 Å². The number of carbonyl (C=O) groups excluding carboxylic acids is 1. The first-order valence-electron chi connectivity index (χ1n) is 8.77. The zero-order chi connectivity index (χ0) is 16.8. The summed E-state index contributed by atoms with van der Waals surface area (Å²) >= 11 is 0. The Balaban J connectivity index is 1.40. The van der Waals surface area contributed by atoms with Crippen molar-refractivity contribution in [1.29, 1.82) is 0 Å². The van der Waals surface area contributed by atoms with E-state index in [9.17, 15) is 4.79 Å². The predicted octanol–water partition coefficient (Wildman–Crippen LogP) is 2.00. The molecule has 6 nitrogen and oxygen atoms in total. The Labute approximate surface area is 143 Å². The van der Waals surface area contributed by atoms with Crippen molar-refractivity contribution in [2.24, 2.45) is 5.92 Å². The van der Waals surface area contributed by atoms with E-state index in [1.54, 1.807) is 7.11 Å². The number of ether oxygens (including phenoxy) is 2. The number of nitrogens with zero attached hydrogens (tertiary/aromatic N) is 1. The van der Waals surface area contributed by atoms with Gasteiger partial charge in [-0.3, -0.25) is 0 Å². The van der Waals surface area contributed by atoms with Gasteiger partial charge in [-0.2, -0.15) is 0 Å². The fourth-order valence-corrected chi connectivity index (χ4v) is 3.42. The van der Waals surface area contributed by atoms with Crippen molar-refractivity contribution in [1.82, 2.24) is 10.6 Å². The van der Waals surface area contributed by atoms with Crippen molar-refractivity contribution in [3.05, 3.63) is 24.3 Å². The zero-order valence-electron chi connectivity index (χ0n) is 14.3. The van der Waals surface area contributed by atoms with Gasteiger partial charge in [0.25, 0.3) is 0 Å². The number of carbonyl (C=O) groups is 1. The maximum absolute atomic E-state index is 11.9. The van der Waals surface area contributed by atoms with Gasteiger partial charge in [0.1, 0.15) is 5.75 Å². The van der Waals surface area contributed by atoms with E-state index in [-0.39, 0.29) is 12.1 Å². The molecule has 0 aromatic heterocycles. The normalized spacial score (nSPS) is 23.3. The van der Waals surface area contributed by atoms with E-state index in [4.69, 9.17) is 9.47 Å². The van der Waals surface area contributed by atoms with E-state index in [0.29, 0.717) is 19.0 Å². The summed E-state index contributed by atoms with van der Waals surface area (Å²) in [5.74, 6) is 1.36. The van der Waals surface area contributed by atoms with Gasteiger partial charge in [-0.1, -0.05) is 12.1 Å². The SMILES string of the molecule is COc1ccccc1N1CC[C@H](CNC(=O)NC[C@@H]2CCCO2)C1. The molecular formula is C18H27N3O3. The lowest BCUT2D eigenvalue weighted by molar-refractivity contribution is 0.111. The minimum atomic E-state index is -0.0961. The molecule has 24 heavy (non-hydrogen) atoms. The highest BCUT2D eigenvalue weighted by Crippen LogP contribution is 2.31. The number of nitrogens with one attached hydrogen (secondary N) is 2. The van der Waals surface area contributed by atoms with Gasteiger partial charge < -0.3 is 25.0 Å². The molecule has 0 unspecified atom stereocenters. The van der Waals surface area contributed by atoms with Crippen LogP contribution in [0.25, 0.3) is 0 Å². The fourth-order valence-electron chi connectivity index (χ4n) is 3.42. The van der Waals surface area contributed by atoms with Gasteiger partial charge in [0, 0.05) is 32.8 Å². The highest BCUT2D eigenvalue weighted by Gasteiger charge is 2.25. The van der Waals surface area contributed by atoms with Crippen LogP contribution in [0.15, 0.2) is 24.3 Å². The Morgan fingerprint density at radius 2 is 2.12 bits per heavy atom. The molecule has 1 aromatic carbocycles. The molecule has 0 aliphatic carbocycles. The van der Waals surface area contributed by atoms with Gasteiger partial charge in [0.15, 0.2) is 0 Å². The van der Waals surface area contributed by atoms with Crippen LogP contribution in [0.3, 0.4) is 0 Å². The average molecular weight is 333 g/mol. The number of para-hydroxylation sites is 2. The van der Waals surface area contributed by atoms with E-state index in [2.05, 4.69) is 21.6 Å². The number of urea groups is 1. The summed E-state index contributed by atoms with van der Waals surface area (Å²) in [7, 11) is 1.70. The monoisotopic (exact) mass is 333 g/mol. The van der Waals surface area contributed by atoms with Gasteiger partial charge in [-0.05, 0) is 37.3 Å². The van der Waals surface area contributed by atoms with Crippen LogP contribution in [0, 0.1) is 5.92 Å². The van der Waals surface area contributed by atoms with Gasteiger partial charge >= 0.3 is 6.03 Å². The number of rotatable bonds is 6. The molecule has 2 heterocycles. The summed E-state index contributed by atoms with van der Waals surface area (Å²) in [4.78, 5) is 14.2. The highest BCUT2D eigenvalue weighted by atomic mass is 16.5. The molecule has 2 fully saturated rings. The summed E-state index contributed by atoms with van der Waals surface area (Å²) in [5.41, 5.74) is 1.13. The largest absolute Gasteiger partial charge is 0.495 e. The van der Waals surface area contributed by atoms with Crippen LogP contribution in [-0.4, -0.2) is 52.0 Å². The van der Waals surface area contributed by atoms with Crippen LogP contribution in [0.5, 0.6) is 5.75 Å². The summed E-state index contributed by atoms with van der Waals surface area (Å²) in [5, 5.41) is 5.89. The minimum absolute atomic E-state index is 0.0961. The van der Waals surface area contributed by atoms with Crippen LogP contribution in [0.4, 0.5) is 10.5 Å². The van der Waals surface area contributed by atoms with Crippen LogP contribution in [0.2, 0.25) is 0 Å². The molecule has 0 saturated carbocycles. The molecule has 3 rings (SSSR count). The number of hydrogen-bond donors (Lipinski definition) is 2. The molecule has 6 heteroatoms. The molecule has 2 N–H and O–H groups in total. The number of amides is 2. The molecule has 0 spiro atoms. The lowest BCUT2D eigenvalue weighted by atomic mass is 10.1. The number of anilines is 1. The maximum atomic E-state index is 11.9. The van der Waals surface area contributed by atoms with E-state index < -0.39 is 0 Å². The fraction of sp³-hybridized carbons (Fsp3) is 0.611. The Bertz CT molecular complexity index is 546. The molecule has 2 aliphatic rings. The van der Waals surface area contributed by atoms with Crippen LogP contribution < -0.4 is 20.3 Å². The Hall–Kier alpha value is -1.95. The van der Waals surface area contributed by atoms with Gasteiger partial charge in [0.2, 0.25) is 0 Å². The van der Waals surface area contributed by atoms with Crippen molar-refractivity contribution in [2.45, 2.75) is 25.4 Å². The molecule has 2 saturated heterocycles. The number of benzene rings is 1. The quantitative estimate of drug-likeness (QED) is 0.836. The summed E-state index contributed by atoms with van der Waals surface area (Å²) in [6, 6.07) is 7.99. The van der Waals surface area contributed by atoms with Crippen LogP contribution >= 0.6 is 0 Å². The molecule has 2 atom stereocenters. The summed E-state index contributed by atoms with van der Waals surface area (Å²) in [6.45, 7) is 4.04. The second kappa shape index (κ2) is 8.24. The first-order chi connectivity index (χ1) is 11.8. The third kappa shape index (κ3) is 4.32. The van der Waals surface area contributed by atoms with E-state index >= 15 is 0 Å². The third-order valence-corrected chi connectivity index (χ3v) is 4.78. The molecule has 0 bridgehead atoms. The number of hydrogen-bond acceptors (Lipinski definition) is 4. The average Bonchev–Trinajstić information content (AvgIpc) is 3.29. The predicted molar refractivity (Wildman–Crippen MR) is 93.7 cm³/mol. The summed E-state index contributed by atoms with van der Waals surface area (Å²) < 4.78 is 10.9. The second-order valence-electron chi connectivity index (χ2n) is 6.50. The molecule has 1 aromatic rings. The zero-order valence-corrected chi connectivity index (χ0v) is 14.3. The Morgan fingerprint density at radius 3 is 2.92 bits per heavy atom. The molecule has 0 radical (unpaired) electrons. The van der Waals surface area contributed by atoms with Crippen molar-refractivity contribution in [2.75, 3.05) is 44.8 Å². The number of methoxy groups -OCH3 is 1. The Kier molecular flexibility index (Phi) is 5.80. The molecule has 132 valence electrons. The topological polar surface area (TPSA) is 62.8 Å². The van der Waals surface area contributed by atoms with E-state index in [1.807, 2.05) is 18.2 Å². The van der Waals surface area contributed by atoms with Gasteiger partial charge in [-0.15, -0.1) is 0 Å². The van der Waals surface area contributed by atoms with Crippen molar-refractivity contribution in [3.8, 4) is 5.75 Å². The first kappa shape index (κ1) is 16.9. The second-order valence-corrected chi connectivity index (χ2v) is 6.50. The maximum Gasteiger partial charge on any atom is 0.314 e. The lowest BCUT2D eigenvalue weighted by Gasteiger charge is -2.21. The van der Waals surface area contributed by atoms with Crippen molar-refractivity contribution in [3.63, 3.8) is 0 Å². The molecule has 2 aliphatic heterocycles. The highest BCUT2D eigenvalue weighted by molar-refractivity contribution is 5.73. The standard InChI is InChI=1S/C18H27N3O3/c1-23-17-7-3-2-6-16(17)21-9-8-14(13-21)11-19-18(22)20-12-15-5-4-10-24-15/h2-3,6-7,14-15H,4-5,8-13H2,1H3,(H2,19,20,22)/t14-,15+/m1/s1. The molecule has 2 amide bonds. The third-order valence-electron chi connectivity index (χ3n) is 4.78. The van der Waals surface area contributed by atoms with Crippen molar-refractivity contribution >= 4 is 11.7 Å². The van der Waals surface area contributed by atoms with Gasteiger partial charge in [0.05, 0.1) is 18.9 Å². The minimum Gasteiger partial charge on any atom is -0.495 e. The van der Waals surface area contributed by atoms with Crippen LogP contribution in [-0.2, 0) is 4.74 Å². The Morgan fingerprint density at radius 1 is 1.29 bits per heavy atom. The van der Waals surface area contributed by atoms with Gasteiger partial charge in [-0.25, -0.2) is 4.79 Å².